The number of amides is 1. The van der Waals surface area contributed by atoms with Crippen molar-refractivity contribution in [2.75, 3.05) is 30.8 Å². The van der Waals surface area contributed by atoms with Crippen molar-refractivity contribution in [2.24, 2.45) is 11.8 Å². The van der Waals surface area contributed by atoms with Gasteiger partial charge >= 0.3 is 6.18 Å². The number of hydrogen-bond donors (Lipinski definition) is 4. The van der Waals surface area contributed by atoms with Crippen LogP contribution in [0.5, 0.6) is 0 Å². The lowest BCUT2D eigenvalue weighted by molar-refractivity contribution is -0.205. The maximum atomic E-state index is 13.2. The molecule has 10 nitrogen and oxygen atoms in total. The number of carbonyl (C=O) groups excluding carboxylic acids is 1. The summed E-state index contributed by atoms with van der Waals surface area (Å²) in [5.41, 5.74) is 3.94. The van der Waals surface area contributed by atoms with E-state index in [4.69, 9.17) is 0 Å². The average molecular weight is 695 g/mol. The highest BCUT2D eigenvalue weighted by molar-refractivity contribution is 7.18. The molecule has 2 saturated carbocycles. The minimum atomic E-state index is -4.76. The van der Waals surface area contributed by atoms with Crippen LogP contribution < -0.4 is 16.0 Å². The van der Waals surface area contributed by atoms with Gasteiger partial charge in [0, 0.05) is 66.5 Å². The van der Waals surface area contributed by atoms with E-state index in [1.165, 1.54) is 17.2 Å². The number of hydrogen-bond acceptors (Lipinski definition) is 9. The van der Waals surface area contributed by atoms with Gasteiger partial charge in [0.05, 0.1) is 5.39 Å². The highest BCUT2D eigenvalue weighted by Crippen LogP contribution is 2.42. The molecule has 0 radical (unpaired) electrons. The summed E-state index contributed by atoms with van der Waals surface area (Å²) in [6, 6.07) is 10.1. The molecule has 4 heterocycles. The lowest BCUT2D eigenvalue weighted by Gasteiger charge is -2.46. The van der Waals surface area contributed by atoms with Crippen LogP contribution in [0.1, 0.15) is 73.3 Å². The molecule has 4 N–H and O–H groups in total. The van der Waals surface area contributed by atoms with Crippen LogP contribution in [0, 0.1) is 30.1 Å². The number of alkyl halides is 3. The molecular formula is C35H41F3N8O2S. The zero-order chi connectivity index (χ0) is 34.7. The van der Waals surface area contributed by atoms with Crippen LogP contribution in [0.3, 0.4) is 0 Å². The molecule has 2 aliphatic carbocycles. The zero-order valence-electron chi connectivity index (χ0n) is 27.8. The number of rotatable bonds is 10. The molecule has 1 aromatic carbocycles. The van der Waals surface area contributed by atoms with Crippen LogP contribution in [0.15, 0.2) is 24.3 Å². The maximum Gasteiger partial charge on any atom is 0.419 e. The average Bonchev–Trinajstić information content (AvgIpc) is 3.72. The molecule has 0 bridgehead atoms. The quantitative estimate of drug-likeness (QED) is 0.154. The topological polar surface area (TPSA) is 131 Å². The van der Waals surface area contributed by atoms with E-state index in [1.54, 1.807) is 7.05 Å². The molecule has 1 atom stereocenters. The normalized spacial score (nSPS) is 22.5. The van der Waals surface area contributed by atoms with E-state index in [2.05, 4.69) is 67.4 Å². The molecular weight excluding hydrogens is 654 g/mol. The molecule has 49 heavy (non-hydrogen) atoms. The predicted molar refractivity (Wildman–Crippen MR) is 183 cm³/mol. The van der Waals surface area contributed by atoms with Crippen LogP contribution in [0.25, 0.3) is 21.1 Å². The maximum absolute atomic E-state index is 13.2. The minimum absolute atomic E-state index is 0.0705. The number of carbonyl (C=O) groups is 1. The Morgan fingerprint density at radius 2 is 1.90 bits per heavy atom. The summed E-state index contributed by atoms with van der Waals surface area (Å²) in [6.45, 7) is 7.42. The lowest BCUT2D eigenvalue weighted by atomic mass is 9.69. The van der Waals surface area contributed by atoms with E-state index >= 15 is 0 Å². The van der Waals surface area contributed by atoms with Gasteiger partial charge in [-0.25, -0.2) is 4.98 Å². The van der Waals surface area contributed by atoms with Gasteiger partial charge in [0.1, 0.15) is 22.4 Å². The molecule has 7 rings (SSSR count). The fraction of sp³-hybridized carbons (Fsp3) is 0.543. The van der Waals surface area contributed by atoms with Crippen molar-refractivity contribution in [3.63, 3.8) is 0 Å². The van der Waals surface area contributed by atoms with E-state index in [0.717, 1.165) is 86.9 Å². The van der Waals surface area contributed by atoms with Gasteiger partial charge in [-0.15, -0.1) is 11.3 Å². The number of fused-ring (bicyclic) bond motifs is 2. The Hall–Kier alpha value is -3.93. The number of piperidine rings is 1. The smallest absolute Gasteiger partial charge is 0.379 e. The molecule has 3 fully saturated rings. The second-order valence-electron chi connectivity index (χ2n) is 14.3. The SMILES string of the molecule is CNc1nc(NC2CCN(Cc3ccc4c(cc(C#N)n4CC4CC(C)(NC(=O)C5CC5)C4)c3C)CC2)c2cc(C(O)C(F)(F)F)sc2n1. The van der Waals surface area contributed by atoms with E-state index in [1.807, 2.05) is 6.07 Å². The first-order chi connectivity index (χ1) is 23.3. The van der Waals surface area contributed by atoms with Crippen molar-refractivity contribution < 1.29 is 23.1 Å². The number of halogens is 3. The largest absolute Gasteiger partial charge is 0.419 e. The third kappa shape index (κ3) is 6.80. The fourth-order valence-electron chi connectivity index (χ4n) is 7.56. The number of likely N-dealkylation sites (tertiary alicyclic amines) is 1. The van der Waals surface area contributed by atoms with Gasteiger partial charge in [0.2, 0.25) is 11.9 Å². The van der Waals surface area contributed by atoms with Crippen LogP contribution in [0.2, 0.25) is 0 Å². The Balaban J connectivity index is 0.991. The summed E-state index contributed by atoms with van der Waals surface area (Å²) in [5, 5.41) is 30.9. The van der Waals surface area contributed by atoms with Gasteiger partial charge in [-0.3, -0.25) is 9.69 Å². The number of nitrogens with one attached hydrogen (secondary N) is 3. The second kappa shape index (κ2) is 12.8. The number of nitrogens with zero attached hydrogens (tertiary/aromatic N) is 5. The Bertz CT molecular complexity index is 1930. The van der Waals surface area contributed by atoms with Gasteiger partial charge in [0.25, 0.3) is 0 Å². The number of benzene rings is 1. The monoisotopic (exact) mass is 694 g/mol. The third-order valence-electron chi connectivity index (χ3n) is 10.4. The highest BCUT2D eigenvalue weighted by Gasteiger charge is 2.44. The second-order valence-corrected chi connectivity index (χ2v) is 15.3. The fourth-order valence-corrected chi connectivity index (χ4v) is 8.60. The number of anilines is 2. The number of aromatic nitrogens is 3. The molecule has 260 valence electrons. The number of aryl methyl sites for hydroxylation is 1. The number of aliphatic hydroxyl groups is 1. The predicted octanol–water partition coefficient (Wildman–Crippen LogP) is 6.23. The molecule has 1 amide bonds. The van der Waals surface area contributed by atoms with Gasteiger partial charge in [-0.05, 0) is 87.6 Å². The van der Waals surface area contributed by atoms with Gasteiger partial charge in [-0.1, -0.05) is 6.07 Å². The summed E-state index contributed by atoms with van der Waals surface area (Å²) in [7, 11) is 1.65. The van der Waals surface area contributed by atoms with Gasteiger partial charge < -0.3 is 25.6 Å². The van der Waals surface area contributed by atoms with Crippen molar-refractivity contribution in [3.8, 4) is 6.07 Å². The first-order valence-corrected chi connectivity index (χ1v) is 17.7. The standard InChI is InChI=1S/C35H41F3N8O2S/c1-19-22(6-7-27-25(19)12-24(16-39)46(27)17-20-14-34(2,15-20)44-31(48)21-4-5-21)18-45-10-8-23(9-11-45)41-30-26-13-28(29(47)35(36,37)38)49-32(26)43-33(40-3)42-30/h6-7,12-13,20-21,23,29,47H,4-5,8-11,14-15,17-18H2,1-3H3,(H,44,48)(H2,40,41,42,43). The van der Waals surface area contributed by atoms with Crippen molar-refractivity contribution in [3.05, 3.63) is 46.0 Å². The molecule has 1 unspecified atom stereocenters. The molecule has 0 spiro atoms. The summed E-state index contributed by atoms with van der Waals surface area (Å²) in [5.74, 6) is 1.54. The molecule has 4 aromatic rings. The molecule has 14 heteroatoms. The summed E-state index contributed by atoms with van der Waals surface area (Å²) >= 11 is 0.814. The Kier molecular flexibility index (Phi) is 8.73. The van der Waals surface area contributed by atoms with Crippen molar-refractivity contribution in [1.29, 1.82) is 5.26 Å². The van der Waals surface area contributed by atoms with E-state index < -0.39 is 12.3 Å². The minimum Gasteiger partial charge on any atom is -0.379 e. The van der Waals surface area contributed by atoms with Gasteiger partial charge in [0.15, 0.2) is 6.10 Å². The van der Waals surface area contributed by atoms with Crippen LogP contribution in [-0.2, 0) is 17.9 Å². The first kappa shape index (κ1) is 33.6. The lowest BCUT2D eigenvalue weighted by Crippen LogP contribution is -2.56. The Labute approximate surface area is 286 Å². The highest BCUT2D eigenvalue weighted by atomic mass is 32.1. The summed E-state index contributed by atoms with van der Waals surface area (Å²) in [6.07, 6.45) is -1.88. The van der Waals surface area contributed by atoms with E-state index in [-0.39, 0.29) is 28.3 Å². The van der Waals surface area contributed by atoms with Crippen molar-refractivity contribution in [2.45, 2.75) is 89.3 Å². The number of thiophene rings is 1. The van der Waals surface area contributed by atoms with Crippen molar-refractivity contribution >= 4 is 50.1 Å². The Morgan fingerprint density at radius 1 is 1.16 bits per heavy atom. The van der Waals surface area contributed by atoms with Gasteiger partial charge in [-0.2, -0.15) is 23.4 Å². The first-order valence-electron chi connectivity index (χ1n) is 16.9. The van der Waals surface area contributed by atoms with Crippen LogP contribution in [0.4, 0.5) is 24.9 Å². The van der Waals surface area contributed by atoms with E-state index in [9.17, 15) is 28.3 Å². The number of nitriles is 1. The molecule has 3 aromatic heterocycles. The summed E-state index contributed by atoms with van der Waals surface area (Å²) < 4.78 is 41.8. The number of aliphatic hydroxyl groups excluding tert-OH is 1. The molecule has 1 aliphatic heterocycles. The van der Waals surface area contributed by atoms with Crippen LogP contribution in [-0.4, -0.2) is 68.3 Å². The molecule has 1 saturated heterocycles. The van der Waals surface area contributed by atoms with E-state index in [0.29, 0.717) is 33.6 Å². The Morgan fingerprint density at radius 3 is 2.55 bits per heavy atom. The third-order valence-corrected chi connectivity index (χ3v) is 11.5. The van der Waals surface area contributed by atoms with Crippen molar-refractivity contribution in [1.82, 2.24) is 24.8 Å². The molecule has 3 aliphatic rings. The summed E-state index contributed by atoms with van der Waals surface area (Å²) in [4.78, 5) is 23.7. The van der Waals surface area contributed by atoms with Crippen LogP contribution >= 0.6 is 11.3 Å². The zero-order valence-corrected chi connectivity index (χ0v) is 28.6.